The molecule has 0 aromatic carbocycles. The summed E-state index contributed by atoms with van der Waals surface area (Å²) < 4.78 is 0. The standard InChI is InChI=1S/4C6H6GeO2.Zr/c4*8-6(9)7-4-2-1-3-5-7;/h4*1-5H,(H,8,9);. The van der Waals surface area contributed by atoms with E-state index in [1.54, 1.807) is 0 Å². The van der Waals surface area contributed by atoms with E-state index in [-0.39, 0.29) is 26.2 Å². The summed E-state index contributed by atoms with van der Waals surface area (Å²) in [6.45, 7) is 0. The van der Waals surface area contributed by atoms with Gasteiger partial charge in [-0.3, -0.25) is 0 Å². The zero-order valence-corrected chi connectivity index (χ0v) is 30.3. The molecule has 0 fully saturated rings. The summed E-state index contributed by atoms with van der Waals surface area (Å²) in [5, 5.41) is 34.0. The van der Waals surface area contributed by atoms with Gasteiger partial charge in [-0.05, 0) is 0 Å². The van der Waals surface area contributed by atoms with Crippen LogP contribution in [0.4, 0.5) is 19.2 Å². The van der Waals surface area contributed by atoms with Crippen LogP contribution in [0.2, 0.25) is 0 Å². The molecule has 0 spiro atoms. The van der Waals surface area contributed by atoms with Gasteiger partial charge in [0.15, 0.2) is 0 Å². The molecule has 4 aliphatic heterocycles. The van der Waals surface area contributed by atoms with E-state index >= 15 is 0 Å². The Kier molecular flexibility index (Phi) is 20.3. The predicted octanol–water partition coefficient (Wildman–Crippen LogP) is 3.16. The van der Waals surface area contributed by atoms with E-state index in [9.17, 15) is 19.2 Å². The van der Waals surface area contributed by atoms with Crippen LogP contribution in [0.15, 0.2) is 92.5 Å². The fraction of sp³-hybridized carbons (Fsp3) is 0. The molecular formula is C24H24Ge4O8Zr. The second-order valence-corrected chi connectivity index (χ2v) is 23.5. The van der Waals surface area contributed by atoms with Crippen LogP contribution < -0.4 is 0 Å². The van der Waals surface area contributed by atoms with Crippen LogP contribution in [0.5, 0.6) is 0 Å². The minimum Gasteiger partial charge on any atom is 0 e. The first-order valence-corrected chi connectivity index (χ1v) is 24.2. The molecule has 8 nitrogen and oxygen atoms in total. The van der Waals surface area contributed by atoms with Crippen LogP contribution in [0, 0.1) is 0 Å². The monoisotopic (exact) mass is 826 g/mol. The van der Waals surface area contributed by atoms with Crippen LogP contribution in [-0.2, 0) is 26.2 Å². The summed E-state index contributed by atoms with van der Waals surface area (Å²) in [4.78, 5) is 53.2. The van der Waals surface area contributed by atoms with Crippen LogP contribution >= 0.6 is 0 Å². The zero-order chi connectivity index (χ0) is 26.8. The van der Waals surface area contributed by atoms with E-state index in [2.05, 4.69) is 0 Å². The molecule has 0 unspecified atom stereocenters. The van der Waals surface area contributed by atoms with E-state index < -0.39 is 74.8 Å². The summed E-state index contributed by atoms with van der Waals surface area (Å²) in [7, 11) is 0. The van der Waals surface area contributed by atoms with Crippen molar-refractivity contribution in [3.8, 4) is 0 Å². The Labute approximate surface area is 250 Å². The average Bonchev–Trinajstić information content (AvgIpc) is 2.92. The van der Waals surface area contributed by atoms with Gasteiger partial charge in [-0.2, -0.15) is 0 Å². The van der Waals surface area contributed by atoms with E-state index in [0.29, 0.717) is 0 Å². The van der Waals surface area contributed by atoms with Crippen molar-refractivity contribution in [2.24, 2.45) is 0 Å². The number of hydrogen-bond acceptors (Lipinski definition) is 4. The molecule has 4 aliphatic rings. The number of allylic oxidation sites excluding steroid dienone is 12. The fourth-order valence-electron chi connectivity index (χ4n) is 2.32. The van der Waals surface area contributed by atoms with Gasteiger partial charge in [0.25, 0.3) is 0 Å². The van der Waals surface area contributed by atoms with Crippen molar-refractivity contribution in [2.45, 2.75) is 0 Å². The minimum absolute atomic E-state index is 0. The first-order valence-electron chi connectivity index (χ1n) is 10.4. The smallest absolute Gasteiger partial charge is 0 e. The summed E-state index contributed by atoms with van der Waals surface area (Å²) in [5.74, 6) is 0. The summed E-state index contributed by atoms with van der Waals surface area (Å²) >= 11 is -7.70. The molecule has 0 amide bonds. The van der Waals surface area contributed by atoms with Crippen molar-refractivity contribution in [1.29, 1.82) is 0 Å². The van der Waals surface area contributed by atoms with Crippen molar-refractivity contribution >= 4 is 94.3 Å². The summed E-state index contributed by atoms with van der Waals surface area (Å²) in [6.07, 6.45) is 21.9. The van der Waals surface area contributed by atoms with Crippen LogP contribution in [0.3, 0.4) is 0 Å². The quantitative estimate of drug-likeness (QED) is 0.317. The number of rotatable bonds is 4. The Morgan fingerprint density at radius 3 is 0.622 bits per heavy atom. The van der Waals surface area contributed by atoms with Crippen molar-refractivity contribution < 1.29 is 65.8 Å². The SMILES string of the molecule is O=[C](O)[Ge]1=[CH]C=CC=[CH]1.O=[C](O)[Ge]1=[CH]C=CC=[CH]1.O=[C](O)[Ge]1=[CH]C=CC=[CH]1.O=[C](O)[Ge]1=[CH]C=CC=[CH]1.[Zr]. The van der Waals surface area contributed by atoms with Gasteiger partial charge in [0.05, 0.1) is 0 Å². The normalized spacial score (nSPS) is 14.9. The van der Waals surface area contributed by atoms with Gasteiger partial charge in [-0.15, -0.1) is 0 Å². The topological polar surface area (TPSA) is 149 Å². The fourth-order valence-corrected chi connectivity index (χ4v) is 11.0. The Balaban J connectivity index is 0.000000463. The van der Waals surface area contributed by atoms with Gasteiger partial charge in [-0.25, -0.2) is 0 Å². The van der Waals surface area contributed by atoms with Crippen LogP contribution in [0.25, 0.3) is 0 Å². The van der Waals surface area contributed by atoms with Gasteiger partial charge >= 0.3 is 226 Å². The molecule has 0 aliphatic carbocycles. The predicted molar refractivity (Wildman–Crippen MR) is 152 cm³/mol. The molecule has 37 heavy (non-hydrogen) atoms. The Morgan fingerprint density at radius 2 is 0.541 bits per heavy atom. The third-order valence-electron chi connectivity index (χ3n) is 4.08. The third-order valence-corrected chi connectivity index (χ3v) is 17.5. The van der Waals surface area contributed by atoms with Crippen molar-refractivity contribution in [3.63, 3.8) is 0 Å². The third kappa shape index (κ3) is 16.7. The molecule has 0 radical (unpaired) electrons. The molecule has 4 N–H and O–H groups in total. The zero-order valence-electron chi connectivity index (χ0n) is 19.5. The van der Waals surface area contributed by atoms with Crippen LogP contribution in [-0.4, -0.2) is 115 Å². The van der Waals surface area contributed by atoms with Gasteiger partial charge in [0.2, 0.25) is 0 Å². The van der Waals surface area contributed by atoms with Crippen molar-refractivity contribution in [3.05, 3.63) is 92.5 Å². The molecule has 0 bridgehead atoms. The van der Waals surface area contributed by atoms with Crippen molar-refractivity contribution in [1.82, 2.24) is 0 Å². The molecule has 0 saturated carbocycles. The Morgan fingerprint density at radius 1 is 0.351 bits per heavy atom. The largest absolute Gasteiger partial charge is 0 e. The molecule has 4 rings (SSSR count). The number of carboxylic acid groups (broad SMARTS) is 4. The Bertz CT molecular complexity index is 1050. The van der Waals surface area contributed by atoms with E-state index in [0.717, 1.165) is 0 Å². The molecular weight excluding hydrogens is 798 g/mol. The molecule has 0 atom stereocenters. The maximum absolute atomic E-state index is 10.3. The molecule has 0 aromatic heterocycles. The van der Waals surface area contributed by atoms with Crippen LogP contribution in [0.1, 0.15) is 0 Å². The molecule has 4 heterocycles. The summed E-state index contributed by atoms with van der Waals surface area (Å²) in [5.41, 5.74) is 0. The van der Waals surface area contributed by atoms with Gasteiger partial charge < -0.3 is 0 Å². The molecule has 0 saturated heterocycles. The molecule has 13 heteroatoms. The van der Waals surface area contributed by atoms with Gasteiger partial charge in [-0.1, -0.05) is 0 Å². The maximum Gasteiger partial charge on any atom is 0 e. The number of carbonyl (C=O) groups is 4. The number of hydrogen-bond donors (Lipinski definition) is 4. The van der Waals surface area contributed by atoms with Gasteiger partial charge in [0, 0.05) is 26.2 Å². The van der Waals surface area contributed by atoms with Crippen molar-refractivity contribution in [2.75, 3.05) is 0 Å². The maximum atomic E-state index is 10.3. The Hall–Kier alpha value is -1.67. The average molecular weight is 822 g/mol. The molecule has 0 aromatic rings. The van der Waals surface area contributed by atoms with E-state index in [1.807, 2.05) is 112 Å². The second-order valence-electron chi connectivity index (χ2n) is 6.68. The molecule has 188 valence electrons. The van der Waals surface area contributed by atoms with E-state index in [1.165, 1.54) is 0 Å². The second kappa shape index (κ2) is 21.3. The van der Waals surface area contributed by atoms with Gasteiger partial charge in [0.1, 0.15) is 0 Å². The summed E-state index contributed by atoms with van der Waals surface area (Å²) in [6, 6.07) is 0. The first-order chi connectivity index (χ1) is 17.2. The van der Waals surface area contributed by atoms with E-state index in [4.69, 9.17) is 20.4 Å². The minimum atomic E-state index is -1.93. The first kappa shape index (κ1) is 35.3.